The van der Waals surface area contributed by atoms with Crippen molar-refractivity contribution in [2.24, 2.45) is 0 Å². The molecular formula is C29H37N7O3. The molecule has 2 aromatic heterocycles. The van der Waals surface area contributed by atoms with Crippen molar-refractivity contribution < 1.29 is 14.3 Å². The molecule has 3 aromatic rings. The number of aryl methyl sites for hydroxylation is 1. The van der Waals surface area contributed by atoms with Gasteiger partial charge in [0.2, 0.25) is 0 Å². The molecule has 1 saturated heterocycles. The number of urea groups is 1. The Morgan fingerprint density at radius 3 is 2.79 bits per heavy atom. The van der Waals surface area contributed by atoms with Crippen LogP contribution in [0.25, 0.3) is 11.3 Å². The Morgan fingerprint density at radius 1 is 1.10 bits per heavy atom. The largest absolute Gasteiger partial charge is 0.373 e. The Morgan fingerprint density at radius 2 is 1.97 bits per heavy atom. The number of hydrogen-bond donors (Lipinski definition) is 2. The maximum Gasteiger partial charge on any atom is 0.318 e. The third-order valence-corrected chi connectivity index (χ3v) is 7.44. The molecule has 4 heterocycles. The topological polar surface area (TPSA) is 106 Å². The molecular weight excluding hydrogens is 494 g/mol. The van der Waals surface area contributed by atoms with E-state index in [0.717, 1.165) is 55.0 Å². The van der Waals surface area contributed by atoms with Crippen molar-refractivity contribution in [3.05, 3.63) is 53.5 Å². The summed E-state index contributed by atoms with van der Waals surface area (Å²) in [4.78, 5) is 23.8. The second kappa shape index (κ2) is 10.6. The van der Waals surface area contributed by atoms with Gasteiger partial charge < -0.3 is 25.0 Å². The highest BCUT2D eigenvalue weighted by atomic mass is 16.5. The summed E-state index contributed by atoms with van der Waals surface area (Å²) in [5, 5.41) is 11.2. The SMILES string of the molecule is CC(C)(C)OC1CN(C(=O)NC2CCCCc3cc(-c4cc(Nc5cc6n(n5)CCOC6)ncn4)ccc32)C1. The number of aromatic nitrogens is 4. The molecule has 10 nitrogen and oxygen atoms in total. The van der Waals surface area contributed by atoms with Gasteiger partial charge in [-0.1, -0.05) is 18.6 Å². The predicted octanol–water partition coefficient (Wildman–Crippen LogP) is 4.59. The molecule has 1 aromatic carbocycles. The Hall–Kier alpha value is -3.50. The molecule has 6 rings (SSSR count). The molecule has 3 aliphatic rings. The minimum Gasteiger partial charge on any atom is -0.373 e. The summed E-state index contributed by atoms with van der Waals surface area (Å²) in [6.45, 7) is 9.44. The molecule has 0 bridgehead atoms. The first kappa shape index (κ1) is 25.8. The van der Waals surface area contributed by atoms with Gasteiger partial charge in [-0.3, -0.25) is 4.68 Å². The minimum absolute atomic E-state index is 0.00480. The van der Waals surface area contributed by atoms with Crippen LogP contribution >= 0.6 is 0 Å². The lowest BCUT2D eigenvalue weighted by Crippen LogP contribution is -2.59. The fourth-order valence-corrected chi connectivity index (χ4v) is 5.58. The highest BCUT2D eigenvalue weighted by molar-refractivity contribution is 5.76. The lowest BCUT2D eigenvalue weighted by atomic mass is 9.95. The number of hydrogen-bond acceptors (Lipinski definition) is 7. The molecule has 10 heteroatoms. The third kappa shape index (κ3) is 5.91. The molecule has 1 atom stereocenters. The highest BCUT2D eigenvalue weighted by Gasteiger charge is 2.35. The van der Waals surface area contributed by atoms with Gasteiger partial charge in [-0.05, 0) is 57.2 Å². The smallest absolute Gasteiger partial charge is 0.318 e. The van der Waals surface area contributed by atoms with E-state index < -0.39 is 0 Å². The van der Waals surface area contributed by atoms with E-state index in [-0.39, 0.29) is 23.8 Å². The lowest BCUT2D eigenvalue weighted by molar-refractivity contribution is -0.111. The number of nitrogens with one attached hydrogen (secondary N) is 2. The molecule has 0 saturated carbocycles. The molecule has 206 valence electrons. The molecule has 1 aliphatic carbocycles. The van der Waals surface area contributed by atoms with Crippen LogP contribution in [0.2, 0.25) is 0 Å². The van der Waals surface area contributed by atoms with E-state index >= 15 is 0 Å². The van der Waals surface area contributed by atoms with E-state index in [9.17, 15) is 4.79 Å². The van der Waals surface area contributed by atoms with Crippen molar-refractivity contribution >= 4 is 17.7 Å². The number of amides is 2. The van der Waals surface area contributed by atoms with Gasteiger partial charge >= 0.3 is 6.03 Å². The summed E-state index contributed by atoms with van der Waals surface area (Å²) in [7, 11) is 0. The normalized spacial score (nSPS) is 19.5. The molecule has 1 unspecified atom stereocenters. The average molecular weight is 532 g/mol. The van der Waals surface area contributed by atoms with Crippen LogP contribution in [0.1, 0.15) is 62.9 Å². The van der Waals surface area contributed by atoms with E-state index in [1.165, 1.54) is 11.1 Å². The Kier molecular flexibility index (Phi) is 6.99. The van der Waals surface area contributed by atoms with Crippen molar-refractivity contribution in [2.75, 3.05) is 25.0 Å². The molecule has 39 heavy (non-hydrogen) atoms. The van der Waals surface area contributed by atoms with Crippen molar-refractivity contribution in [2.45, 2.75) is 77.4 Å². The second-order valence-electron chi connectivity index (χ2n) is 11.6. The van der Waals surface area contributed by atoms with Crippen LogP contribution in [0.3, 0.4) is 0 Å². The summed E-state index contributed by atoms with van der Waals surface area (Å²) < 4.78 is 13.5. The van der Waals surface area contributed by atoms with Gasteiger partial charge in [0.25, 0.3) is 0 Å². The van der Waals surface area contributed by atoms with Crippen LogP contribution in [-0.2, 0) is 29.0 Å². The van der Waals surface area contributed by atoms with Crippen LogP contribution in [-0.4, -0.2) is 62.1 Å². The van der Waals surface area contributed by atoms with Gasteiger partial charge in [-0.25, -0.2) is 14.8 Å². The summed E-state index contributed by atoms with van der Waals surface area (Å²) in [5.41, 5.74) is 5.21. The van der Waals surface area contributed by atoms with E-state index in [1.807, 2.05) is 42.5 Å². The summed E-state index contributed by atoms with van der Waals surface area (Å²) >= 11 is 0. The monoisotopic (exact) mass is 531 g/mol. The zero-order chi connectivity index (χ0) is 27.0. The van der Waals surface area contributed by atoms with E-state index in [1.54, 1.807) is 6.33 Å². The van der Waals surface area contributed by atoms with Crippen LogP contribution in [0, 0.1) is 0 Å². The molecule has 0 radical (unpaired) electrons. The van der Waals surface area contributed by atoms with Crippen molar-refractivity contribution in [1.82, 2.24) is 30.0 Å². The standard InChI is InChI=1S/C29H37N7O3/c1-29(2,3)39-22-15-35(16-22)28(37)32-24-7-5-4-6-19-12-20(8-9-23(19)24)25-14-26(31-18-30-25)33-27-13-21-17-38-11-10-36(21)34-27/h8-9,12-14,18,22,24H,4-7,10-11,15-17H2,1-3H3,(H,32,37)(H,30,31,33,34). The maximum absolute atomic E-state index is 13.0. The summed E-state index contributed by atoms with van der Waals surface area (Å²) in [5.74, 6) is 1.44. The number of carbonyl (C=O) groups is 1. The number of benzene rings is 1. The lowest BCUT2D eigenvalue weighted by Gasteiger charge is -2.42. The van der Waals surface area contributed by atoms with E-state index in [4.69, 9.17) is 9.47 Å². The van der Waals surface area contributed by atoms with Gasteiger partial charge in [0.15, 0.2) is 5.82 Å². The molecule has 0 spiro atoms. The average Bonchev–Trinajstić information content (AvgIpc) is 3.18. The first-order valence-corrected chi connectivity index (χ1v) is 13.9. The van der Waals surface area contributed by atoms with Crippen molar-refractivity contribution in [3.8, 4) is 11.3 Å². The fourth-order valence-electron chi connectivity index (χ4n) is 5.58. The first-order valence-electron chi connectivity index (χ1n) is 13.9. The van der Waals surface area contributed by atoms with E-state index in [0.29, 0.717) is 32.1 Å². The van der Waals surface area contributed by atoms with Gasteiger partial charge in [-0.2, -0.15) is 5.10 Å². The predicted molar refractivity (Wildman–Crippen MR) is 148 cm³/mol. The van der Waals surface area contributed by atoms with Gasteiger partial charge in [0, 0.05) is 17.7 Å². The first-order chi connectivity index (χ1) is 18.8. The van der Waals surface area contributed by atoms with Crippen molar-refractivity contribution in [1.29, 1.82) is 0 Å². The number of ether oxygens (including phenoxy) is 2. The van der Waals surface area contributed by atoms with Crippen LogP contribution in [0.5, 0.6) is 0 Å². The van der Waals surface area contributed by atoms with Gasteiger partial charge in [0.05, 0.1) is 62.0 Å². The minimum atomic E-state index is -0.194. The van der Waals surface area contributed by atoms with Crippen molar-refractivity contribution in [3.63, 3.8) is 0 Å². The zero-order valence-electron chi connectivity index (χ0n) is 22.9. The maximum atomic E-state index is 13.0. The Bertz CT molecular complexity index is 1320. The molecule has 1 fully saturated rings. The van der Waals surface area contributed by atoms with E-state index in [2.05, 4.69) is 43.9 Å². The van der Waals surface area contributed by atoms with Gasteiger partial charge in [-0.15, -0.1) is 0 Å². The van der Waals surface area contributed by atoms with Crippen LogP contribution < -0.4 is 10.6 Å². The summed E-state index contributed by atoms with van der Waals surface area (Å²) in [6.07, 6.45) is 5.79. The number of carbonyl (C=O) groups excluding carboxylic acids is 1. The van der Waals surface area contributed by atoms with Gasteiger partial charge in [0.1, 0.15) is 12.1 Å². The third-order valence-electron chi connectivity index (χ3n) is 7.44. The Labute approximate surface area is 229 Å². The Balaban J connectivity index is 1.14. The molecule has 2 aliphatic heterocycles. The van der Waals surface area contributed by atoms with Crippen LogP contribution in [0.4, 0.5) is 16.4 Å². The van der Waals surface area contributed by atoms with Crippen LogP contribution in [0.15, 0.2) is 36.7 Å². The zero-order valence-corrected chi connectivity index (χ0v) is 22.9. The second-order valence-corrected chi connectivity index (χ2v) is 11.6. The number of anilines is 2. The quantitative estimate of drug-likeness (QED) is 0.464. The molecule has 2 amide bonds. The molecule has 2 N–H and O–H groups in total. The number of fused-ring (bicyclic) bond motifs is 2. The summed E-state index contributed by atoms with van der Waals surface area (Å²) in [6, 6.07) is 10.4. The number of likely N-dealkylation sites (tertiary alicyclic amines) is 1. The number of rotatable bonds is 5. The number of nitrogens with zero attached hydrogens (tertiary/aromatic N) is 5. The fraction of sp³-hybridized carbons (Fsp3) is 0.517. The highest BCUT2D eigenvalue weighted by Crippen LogP contribution is 2.33.